The molecule has 2 aliphatic rings. The molecule has 8 nitrogen and oxygen atoms in total. The van der Waals surface area contributed by atoms with Crippen LogP contribution in [0.5, 0.6) is 0 Å². The summed E-state index contributed by atoms with van der Waals surface area (Å²) in [6.45, 7) is 5.37. The Morgan fingerprint density at radius 3 is 2.46 bits per heavy atom. The van der Waals surface area contributed by atoms with E-state index in [2.05, 4.69) is 5.32 Å². The predicted octanol–water partition coefficient (Wildman–Crippen LogP) is 2.09. The average molecular weight is 410 g/mol. The number of alkyl carbamates (subject to hydrolysis) is 1. The van der Waals surface area contributed by atoms with Gasteiger partial charge in [-0.2, -0.15) is 0 Å². The summed E-state index contributed by atoms with van der Waals surface area (Å²) in [6.07, 6.45) is -0.919. The Hall–Kier alpha value is -2.29. The molecule has 1 N–H and O–H groups in total. The number of amides is 2. The second-order valence-corrected chi connectivity index (χ2v) is 10.7. The van der Waals surface area contributed by atoms with Gasteiger partial charge in [0, 0.05) is 13.1 Å². The standard InChI is InChI=1S/C19H26N2O6S/c1-18(2,3)27-17(23)21-12-19(13-21)15(9-10-28(19,24)25)20-16(22)26-11-14-7-5-4-6-8-14/h4-8,15H,9-13H2,1-3H3,(H,20,22)/t15-/m1/s1. The SMILES string of the molecule is CC(C)(C)OC(=O)N1CC2(C1)[C@H](NC(=O)OCc1ccccc1)CCS2(=O)=O. The lowest BCUT2D eigenvalue weighted by Gasteiger charge is -2.49. The maximum absolute atomic E-state index is 12.6. The van der Waals surface area contributed by atoms with E-state index in [-0.39, 0.29) is 25.4 Å². The number of hydrogen-bond acceptors (Lipinski definition) is 6. The molecule has 1 atom stereocenters. The maximum atomic E-state index is 12.6. The van der Waals surface area contributed by atoms with Gasteiger partial charge >= 0.3 is 12.2 Å². The van der Waals surface area contributed by atoms with Crippen LogP contribution in [-0.2, 0) is 25.9 Å². The molecule has 3 rings (SSSR count). The first-order chi connectivity index (χ1) is 13.0. The molecule has 1 aromatic carbocycles. The number of nitrogens with zero attached hydrogens (tertiary/aromatic N) is 1. The van der Waals surface area contributed by atoms with Crippen LogP contribution in [0.2, 0.25) is 0 Å². The van der Waals surface area contributed by atoms with Crippen LogP contribution in [0.15, 0.2) is 30.3 Å². The predicted molar refractivity (Wildman–Crippen MR) is 102 cm³/mol. The molecule has 0 saturated carbocycles. The summed E-state index contributed by atoms with van der Waals surface area (Å²) in [7, 11) is -3.44. The molecule has 0 unspecified atom stereocenters. The number of ether oxygens (including phenoxy) is 2. The van der Waals surface area contributed by atoms with Crippen molar-refractivity contribution in [1.29, 1.82) is 0 Å². The Balaban J connectivity index is 1.61. The highest BCUT2D eigenvalue weighted by Gasteiger charge is 2.63. The van der Waals surface area contributed by atoms with Crippen LogP contribution in [0.1, 0.15) is 32.8 Å². The van der Waals surface area contributed by atoms with Gasteiger partial charge in [-0.05, 0) is 32.8 Å². The number of nitrogens with one attached hydrogen (secondary N) is 1. The van der Waals surface area contributed by atoms with Crippen molar-refractivity contribution in [2.75, 3.05) is 18.8 Å². The molecular formula is C19H26N2O6S. The van der Waals surface area contributed by atoms with Crippen molar-refractivity contribution in [3.05, 3.63) is 35.9 Å². The topological polar surface area (TPSA) is 102 Å². The van der Waals surface area contributed by atoms with E-state index < -0.39 is 38.4 Å². The molecule has 9 heteroatoms. The summed E-state index contributed by atoms with van der Waals surface area (Å²) in [4.78, 5) is 25.7. The Morgan fingerprint density at radius 2 is 1.86 bits per heavy atom. The van der Waals surface area contributed by atoms with Crippen LogP contribution in [0.4, 0.5) is 9.59 Å². The highest BCUT2D eigenvalue weighted by Crippen LogP contribution is 2.41. The number of sulfone groups is 1. The maximum Gasteiger partial charge on any atom is 0.410 e. The van der Waals surface area contributed by atoms with Gasteiger partial charge in [0.25, 0.3) is 0 Å². The van der Waals surface area contributed by atoms with E-state index in [1.54, 1.807) is 20.8 Å². The zero-order chi connectivity index (χ0) is 20.6. The minimum absolute atomic E-state index is 0.00782. The molecule has 28 heavy (non-hydrogen) atoms. The molecule has 1 aromatic rings. The number of rotatable bonds is 3. The van der Waals surface area contributed by atoms with Gasteiger partial charge in [-0.3, -0.25) is 0 Å². The first-order valence-electron chi connectivity index (χ1n) is 9.20. The summed E-state index contributed by atoms with van der Waals surface area (Å²) >= 11 is 0. The Morgan fingerprint density at radius 1 is 1.21 bits per heavy atom. The summed E-state index contributed by atoms with van der Waals surface area (Å²) < 4.78 is 34.6. The minimum atomic E-state index is -3.44. The number of carbonyl (C=O) groups excluding carboxylic acids is 2. The first-order valence-corrected chi connectivity index (χ1v) is 10.9. The summed E-state index contributed by atoms with van der Waals surface area (Å²) in [6, 6.07) is 8.62. The fraction of sp³-hybridized carbons (Fsp3) is 0.579. The second-order valence-electron chi connectivity index (χ2n) is 8.27. The van der Waals surface area contributed by atoms with Gasteiger partial charge in [0.1, 0.15) is 17.0 Å². The molecule has 154 valence electrons. The van der Waals surface area contributed by atoms with Crippen LogP contribution in [-0.4, -0.2) is 60.7 Å². The number of benzene rings is 1. The van der Waals surface area contributed by atoms with Gasteiger partial charge in [0.2, 0.25) is 0 Å². The van der Waals surface area contributed by atoms with Gasteiger partial charge in [-0.1, -0.05) is 30.3 Å². The van der Waals surface area contributed by atoms with Crippen molar-refractivity contribution in [2.24, 2.45) is 0 Å². The van der Waals surface area contributed by atoms with Crippen molar-refractivity contribution < 1.29 is 27.5 Å². The largest absolute Gasteiger partial charge is 0.445 e. The van der Waals surface area contributed by atoms with E-state index in [0.29, 0.717) is 6.42 Å². The lowest BCUT2D eigenvalue weighted by Crippen LogP contribution is -2.72. The quantitative estimate of drug-likeness (QED) is 0.819. The molecule has 2 heterocycles. The molecule has 2 fully saturated rings. The molecule has 0 aliphatic carbocycles. The molecule has 0 aromatic heterocycles. The van der Waals surface area contributed by atoms with Gasteiger partial charge in [-0.15, -0.1) is 0 Å². The molecule has 2 saturated heterocycles. The number of hydrogen-bond donors (Lipinski definition) is 1. The average Bonchev–Trinajstić information content (AvgIpc) is 2.81. The Bertz CT molecular complexity index is 841. The third-order valence-electron chi connectivity index (χ3n) is 5.00. The normalized spacial score (nSPS) is 22.4. The number of likely N-dealkylation sites (tertiary alicyclic amines) is 1. The third-order valence-corrected chi connectivity index (χ3v) is 7.56. The first kappa shape index (κ1) is 20.4. The van der Waals surface area contributed by atoms with Crippen molar-refractivity contribution in [3.63, 3.8) is 0 Å². The highest BCUT2D eigenvalue weighted by atomic mass is 32.2. The van der Waals surface area contributed by atoms with E-state index in [1.165, 1.54) is 4.90 Å². The fourth-order valence-corrected chi connectivity index (χ4v) is 5.81. The van der Waals surface area contributed by atoms with E-state index >= 15 is 0 Å². The zero-order valence-electron chi connectivity index (χ0n) is 16.3. The van der Waals surface area contributed by atoms with Crippen LogP contribution < -0.4 is 5.32 Å². The van der Waals surface area contributed by atoms with Crippen LogP contribution >= 0.6 is 0 Å². The molecular weight excluding hydrogens is 384 g/mol. The Labute approximate surface area is 165 Å². The minimum Gasteiger partial charge on any atom is -0.445 e. The lowest BCUT2D eigenvalue weighted by atomic mass is 9.89. The molecule has 2 aliphatic heterocycles. The lowest BCUT2D eigenvalue weighted by molar-refractivity contribution is 0.000253. The smallest absolute Gasteiger partial charge is 0.410 e. The van der Waals surface area contributed by atoms with E-state index in [9.17, 15) is 18.0 Å². The molecule has 2 amide bonds. The second kappa shape index (κ2) is 7.27. The third kappa shape index (κ3) is 4.09. The highest BCUT2D eigenvalue weighted by molar-refractivity contribution is 7.93. The monoisotopic (exact) mass is 410 g/mol. The van der Waals surface area contributed by atoms with Crippen LogP contribution in [0, 0.1) is 0 Å². The summed E-state index contributed by atoms with van der Waals surface area (Å²) in [5.74, 6) is -0.0290. The fourth-order valence-electron chi connectivity index (χ4n) is 3.54. The van der Waals surface area contributed by atoms with Crippen molar-refractivity contribution >= 4 is 22.0 Å². The van der Waals surface area contributed by atoms with E-state index in [4.69, 9.17) is 9.47 Å². The van der Waals surface area contributed by atoms with E-state index in [0.717, 1.165) is 5.56 Å². The van der Waals surface area contributed by atoms with Crippen molar-refractivity contribution in [2.45, 2.75) is 50.2 Å². The van der Waals surface area contributed by atoms with Gasteiger partial charge in [0.05, 0.1) is 11.8 Å². The van der Waals surface area contributed by atoms with Gasteiger partial charge in [0.15, 0.2) is 9.84 Å². The Kier molecular flexibility index (Phi) is 5.31. The summed E-state index contributed by atoms with van der Waals surface area (Å²) in [5, 5.41) is 2.69. The number of carbonyl (C=O) groups is 2. The molecule has 0 bridgehead atoms. The van der Waals surface area contributed by atoms with Crippen molar-refractivity contribution in [3.8, 4) is 0 Å². The van der Waals surface area contributed by atoms with Gasteiger partial charge < -0.3 is 19.7 Å². The molecule has 1 spiro atoms. The summed E-state index contributed by atoms with van der Waals surface area (Å²) in [5.41, 5.74) is 0.180. The molecule has 0 radical (unpaired) electrons. The van der Waals surface area contributed by atoms with Crippen molar-refractivity contribution in [1.82, 2.24) is 10.2 Å². The van der Waals surface area contributed by atoms with E-state index in [1.807, 2.05) is 30.3 Å². The van der Waals surface area contributed by atoms with Crippen LogP contribution in [0.3, 0.4) is 0 Å². The zero-order valence-corrected chi connectivity index (χ0v) is 17.1. The van der Waals surface area contributed by atoms with Gasteiger partial charge in [-0.25, -0.2) is 18.0 Å². The van der Waals surface area contributed by atoms with Crippen LogP contribution in [0.25, 0.3) is 0 Å².